The van der Waals surface area contributed by atoms with Gasteiger partial charge in [0, 0.05) is 19.6 Å². The van der Waals surface area contributed by atoms with Crippen LogP contribution in [0, 0.1) is 0 Å². The highest BCUT2D eigenvalue weighted by molar-refractivity contribution is 6.00. The number of ether oxygens (including phenoxy) is 6. The van der Waals surface area contributed by atoms with Crippen molar-refractivity contribution < 1.29 is 33.5 Å². The molecule has 162 valence electrons. The van der Waals surface area contributed by atoms with Crippen molar-refractivity contribution in [2.24, 2.45) is 0 Å². The maximum atomic E-state index is 10.7. The lowest BCUT2D eigenvalue weighted by molar-refractivity contribution is -0.251. The van der Waals surface area contributed by atoms with Gasteiger partial charge in [-0.3, -0.25) is 0 Å². The van der Waals surface area contributed by atoms with Crippen molar-refractivity contribution in [2.45, 2.75) is 24.6 Å². The highest BCUT2D eigenvalue weighted by atomic mass is 16.7. The van der Waals surface area contributed by atoms with Gasteiger partial charge in [-0.2, -0.15) is 0 Å². The largest absolute Gasteiger partial charge is 0.461 e. The van der Waals surface area contributed by atoms with E-state index in [1.165, 1.54) is 7.11 Å². The number of aliphatic hydroxyl groups is 1. The summed E-state index contributed by atoms with van der Waals surface area (Å²) < 4.78 is 33.6. The van der Waals surface area contributed by atoms with Gasteiger partial charge in [0.2, 0.25) is 13.1 Å². The van der Waals surface area contributed by atoms with E-state index in [1.54, 1.807) is 7.11 Å². The molecule has 0 bridgehead atoms. The molecule has 7 nitrogen and oxygen atoms in total. The molecule has 2 aliphatic rings. The van der Waals surface area contributed by atoms with E-state index in [0.717, 1.165) is 33.4 Å². The van der Waals surface area contributed by atoms with Gasteiger partial charge in [0.15, 0.2) is 11.5 Å². The van der Waals surface area contributed by atoms with E-state index in [9.17, 15) is 5.11 Å². The van der Waals surface area contributed by atoms with Crippen LogP contribution in [0.2, 0.25) is 0 Å². The maximum absolute atomic E-state index is 10.7. The molecule has 7 heteroatoms. The minimum atomic E-state index is -0.990. The van der Waals surface area contributed by atoms with Crippen LogP contribution in [-0.4, -0.2) is 57.3 Å². The summed E-state index contributed by atoms with van der Waals surface area (Å²) in [4.78, 5) is 0. The van der Waals surface area contributed by atoms with Crippen molar-refractivity contribution in [3.05, 3.63) is 54.6 Å². The van der Waals surface area contributed by atoms with Crippen LogP contribution in [-0.2, 0) is 14.2 Å². The quantitative estimate of drug-likeness (QED) is 0.673. The molecule has 0 saturated carbocycles. The highest BCUT2D eigenvalue weighted by Crippen LogP contribution is 2.40. The first-order valence-electron chi connectivity index (χ1n) is 10.1. The molecule has 1 unspecified atom stereocenters. The summed E-state index contributed by atoms with van der Waals surface area (Å²) in [6.07, 6.45) is -2.75. The molecule has 31 heavy (non-hydrogen) atoms. The lowest BCUT2D eigenvalue weighted by Crippen LogP contribution is -2.56. The van der Waals surface area contributed by atoms with Gasteiger partial charge in [0.05, 0.1) is 6.61 Å². The first-order chi connectivity index (χ1) is 15.2. The molecule has 0 spiro atoms. The Hall–Kier alpha value is -2.84. The summed E-state index contributed by atoms with van der Waals surface area (Å²) in [5, 5.41) is 12.6. The number of methoxy groups -OCH3 is 2. The molecule has 3 aromatic carbocycles. The lowest BCUT2D eigenvalue weighted by Gasteiger charge is -2.38. The molecule has 0 radical (unpaired) electrons. The predicted molar refractivity (Wildman–Crippen MR) is 113 cm³/mol. The van der Waals surface area contributed by atoms with E-state index in [0.29, 0.717) is 5.75 Å². The van der Waals surface area contributed by atoms with Crippen molar-refractivity contribution >= 4 is 10.8 Å². The monoisotopic (exact) mass is 424 g/mol. The second-order valence-electron chi connectivity index (χ2n) is 7.51. The van der Waals surface area contributed by atoms with E-state index in [2.05, 4.69) is 0 Å². The number of rotatable bonds is 5. The van der Waals surface area contributed by atoms with Crippen LogP contribution in [0.1, 0.15) is 0 Å². The van der Waals surface area contributed by atoms with Crippen LogP contribution in [0.3, 0.4) is 0 Å². The molecule has 0 aromatic heterocycles. The van der Waals surface area contributed by atoms with Crippen LogP contribution >= 0.6 is 0 Å². The number of hydrogen-bond acceptors (Lipinski definition) is 7. The Labute approximate surface area is 180 Å². The Bertz CT molecular complexity index is 1080. The summed E-state index contributed by atoms with van der Waals surface area (Å²) in [5.74, 6) is 2.10. The summed E-state index contributed by atoms with van der Waals surface area (Å²) in [6.45, 7) is 0.506. The minimum Gasteiger partial charge on any atom is -0.461 e. The molecular formula is C24H24O7. The Morgan fingerprint density at radius 1 is 0.903 bits per heavy atom. The summed E-state index contributed by atoms with van der Waals surface area (Å²) in [7, 11) is 3.11. The molecule has 2 heterocycles. The topological polar surface area (TPSA) is 75.6 Å². The normalized spacial score (nSPS) is 25.0. The second kappa shape index (κ2) is 8.36. The fourth-order valence-electron chi connectivity index (χ4n) is 4.17. The summed E-state index contributed by atoms with van der Waals surface area (Å²) in [5.41, 5.74) is 2.06. The SMILES string of the molecule is COC1CO[C@@H](Oc2ccc(-c3ccc4c(c3)OCO4)c3ccccc23)[C@H](O)[C@H]1OC. The maximum Gasteiger partial charge on any atom is 0.231 e. The van der Waals surface area contributed by atoms with Crippen molar-refractivity contribution in [3.8, 4) is 28.4 Å². The molecule has 0 amide bonds. The van der Waals surface area contributed by atoms with Crippen LogP contribution in [0.25, 0.3) is 21.9 Å². The van der Waals surface area contributed by atoms with Gasteiger partial charge >= 0.3 is 0 Å². The van der Waals surface area contributed by atoms with Gasteiger partial charge in [0.1, 0.15) is 24.1 Å². The van der Waals surface area contributed by atoms with E-state index in [4.69, 9.17) is 28.4 Å². The molecule has 3 aromatic rings. The average molecular weight is 424 g/mol. The lowest BCUT2D eigenvalue weighted by atomic mass is 9.97. The van der Waals surface area contributed by atoms with Crippen LogP contribution in [0.5, 0.6) is 17.2 Å². The zero-order chi connectivity index (χ0) is 21.4. The van der Waals surface area contributed by atoms with Crippen molar-refractivity contribution in [2.75, 3.05) is 27.6 Å². The smallest absolute Gasteiger partial charge is 0.231 e. The number of hydrogen-bond donors (Lipinski definition) is 1. The van der Waals surface area contributed by atoms with Crippen LogP contribution < -0.4 is 14.2 Å². The molecule has 1 N–H and O–H groups in total. The fourth-order valence-corrected chi connectivity index (χ4v) is 4.17. The van der Waals surface area contributed by atoms with Gasteiger partial charge in [-0.25, -0.2) is 0 Å². The first-order valence-corrected chi connectivity index (χ1v) is 10.1. The fraction of sp³-hybridized carbons (Fsp3) is 0.333. The summed E-state index contributed by atoms with van der Waals surface area (Å²) in [6, 6.07) is 17.8. The Morgan fingerprint density at radius 3 is 2.52 bits per heavy atom. The third kappa shape index (κ3) is 3.59. The zero-order valence-electron chi connectivity index (χ0n) is 17.3. The minimum absolute atomic E-state index is 0.239. The molecule has 0 aliphatic carbocycles. The van der Waals surface area contributed by atoms with E-state index < -0.39 is 18.5 Å². The van der Waals surface area contributed by atoms with Gasteiger partial charge in [0.25, 0.3) is 0 Å². The average Bonchev–Trinajstić information content (AvgIpc) is 3.28. The number of benzene rings is 3. The van der Waals surface area contributed by atoms with E-state index in [-0.39, 0.29) is 19.5 Å². The molecule has 1 fully saturated rings. The third-order valence-electron chi connectivity index (χ3n) is 5.79. The van der Waals surface area contributed by atoms with Crippen LogP contribution in [0.15, 0.2) is 54.6 Å². The van der Waals surface area contributed by atoms with Gasteiger partial charge in [-0.1, -0.05) is 36.4 Å². The Kier molecular flexibility index (Phi) is 5.41. The summed E-state index contributed by atoms with van der Waals surface area (Å²) >= 11 is 0. The van der Waals surface area contributed by atoms with Crippen LogP contribution in [0.4, 0.5) is 0 Å². The third-order valence-corrected chi connectivity index (χ3v) is 5.79. The predicted octanol–water partition coefficient (Wildman–Crippen LogP) is 3.36. The van der Waals surface area contributed by atoms with E-state index in [1.807, 2.05) is 54.6 Å². The Morgan fingerprint density at radius 2 is 1.71 bits per heavy atom. The number of fused-ring (bicyclic) bond motifs is 2. The molecular weight excluding hydrogens is 400 g/mol. The zero-order valence-corrected chi connectivity index (χ0v) is 17.3. The first kappa shape index (κ1) is 20.1. The van der Waals surface area contributed by atoms with Gasteiger partial charge in [-0.05, 0) is 34.7 Å². The standard InChI is InChI=1S/C24H24O7/c1-26-21-12-28-24(22(25)23(21)27-2)31-18-10-8-15(16-5-3-4-6-17(16)18)14-7-9-19-20(11-14)30-13-29-19/h3-11,21-25H,12-13H2,1-2H3/t21?,22-,23+,24+/m1/s1. The molecule has 5 rings (SSSR count). The second-order valence-corrected chi connectivity index (χ2v) is 7.51. The van der Waals surface area contributed by atoms with Gasteiger partial charge < -0.3 is 33.5 Å². The van der Waals surface area contributed by atoms with Crippen molar-refractivity contribution in [1.29, 1.82) is 0 Å². The van der Waals surface area contributed by atoms with Crippen molar-refractivity contribution in [3.63, 3.8) is 0 Å². The Balaban J connectivity index is 1.48. The van der Waals surface area contributed by atoms with Gasteiger partial charge in [-0.15, -0.1) is 0 Å². The molecule has 4 atom stereocenters. The van der Waals surface area contributed by atoms with Crippen molar-refractivity contribution in [1.82, 2.24) is 0 Å². The molecule has 2 aliphatic heterocycles. The number of aliphatic hydroxyl groups excluding tert-OH is 1. The van der Waals surface area contributed by atoms with E-state index >= 15 is 0 Å². The highest BCUT2D eigenvalue weighted by Gasteiger charge is 2.41. The molecule has 1 saturated heterocycles.